The van der Waals surface area contributed by atoms with Crippen LogP contribution >= 0.6 is 0 Å². The molecule has 0 saturated heterocycles. The lowest BCUT2D eigenvalue weighted by molar-refractivity contribution is -0.137. The van der Waals surface area contributed by atoms with Gasteiger partial charge in [0, 0.05) is 0 Å². The minimum Gasteiger partial charge on any atom is -0.453 e. The molecule has 0 aliphatic carbocycles. The zero-order valence-electron chi connectivity index (χ0n) is 15.9. The first-order chi connectivity index (χ1) is 12.9. The highest BCUT2D eigenvalue weighted by atomic mass is 19.4. The number of benzene rings is 2. The topological polar surface area (TPSA) is 15.7 Å². The van der Waals surface area contributed by atoms with Crippen LogP contribution in [0.3, 0.4) is 0 Å². The maximum Gasteiger partial charge on any atom is 0.416 e. The number of para-hydroxylation sites is 2. The van der Waals surface area contributed by atoms with Crippen molar-refractivity contribution in [3.63, 3.8) is 0 Å². The summed E-state index contributed by atoms with van der Waals surface area (Å²) in [5.41, 5.74) is 0.604. The molecule has 1 unspecified atom stereocenters. The van der Waals surface area contributed by atoms with E-state index in [0.717, 1.165) is 37.7 Å². The van der Waals surface area contributed by atoms with Gasteiger partial charge in [-0.05, 0) is 49.8 Å². The molecule has 146 valence electrons. The molecule has 3 nitrogen and oxygen atoms in total. The molecule has 1 heterocycles. The number of ether oxygens (including phenoxy) is 1. The van der Waals surface area contributed by atoms with Crippen LogP contribution in [0, 0.1) is 0 Å². The van der Waals surface area contributed by atoms with Gasteiger partial charge >= 0.3 is 6.18 Å². The van der Waals surface area contributed by atoms with E-state index < -0.39 is 11.7 Å². The molecule has 3 rings (SSSR count). The number of nitrogens with zero attached hydrogens (tertiary/aromatic N) is 2. The molecule has 6 heteroatoms. The van der Waals surface area contributed by atoms with Gasteiger partial charge < -0.3 is 9.64 Å². The lowest BCUT2D eigenvalue weighted by Gasteiger charge is -2.43. The van der Waals surface area contributed by atoms with Gasteiger partial charge in [-0.25, -0.2) is 0 Å². The van der Waals surface area contributed by atoms with Crippen LogP contribution < -0.4 is 9.64 Å². The largest absolute Gasteiger partial charge is 0.453 e. The summed E-state index contributed by atoms with van der Waals surface area (Å²) in [5, 5.41) is 0. The van der Waals surface area contributed by atoms with Crippen molar-refractivity contribution in [1.82, 2.24) is 4.90 Å². The monoisotopic (exact) mass is 378 g/mol. The maximum absolute atomic E-state index is 13.4. The molecule has 1 aliphatic heterocycles. The molecule has 2 aromatic carbocycles. The Morgan fingerprint density at radius 2 is 1.63 bits per heavy atom. The molecule has 1 atom stereocenters. The Kier molecular flexibility index (Phi) is 5.65. The van der Waals surface area contributed by atoms with E-state index in [1.165, 1.54) is 12.1 Å². The third kappa shape index (κ3) is 3.76. The first-order valence-corrected chi connectivity index (χ1v) is 9.42. The number of hydrogen-bond acceptors (Lipinski definition) is 3. The molecular formula is C21H25F3N2O. The molecule has 0 saturated carbocycles. The highest BCUT2D eigenvalue weighted by Gasteiger charge is 2.36. The van der Waals surface area contributed by atoms with E-state index in [-0.39, 0.29) is 6.17 Å². The van der Waals surface area contributed by atoms with E-state index in [1.54, 1.807) is 0 Å². The summed E-state index contributed by atoms with van der Waals surface area (Å²) in [7, 11) is 0. The summed E-state index contributed by atoms with van der Waals surface area (Å²) in [6, 6.07) is 11.2. The molecule has 0 N–H and O–H groups in total. The molecule has 27 heavy (non-hydrogen) atoms. The summed E-state index contributed by atoms with van der Waals surface area (Å²) in [4.78, 5) is 4.29. The Bertz CT molecular complexity index is 787. The normalized spacial score (nSPS) is 14.6. The predicted octanol–water partition coefficient (Wildman–Crippen LogP) is 6.42. The fraction of sp³-hybridized carbons (Fsp3) is 0.429. The summed E-state index contributed by atoms with van der Waals surface area (Å²) < 4.78 is 46.0. The molecule has 0 bridgehead atoms. The van der Waals surface area contributed by atoms with Crippen molar-refractivity contribution in [2.24, 2.45) is 0 Å². The number of hydrogen-bond donors (Lipinski definition) is 0. The van der Waals surface area contributed by atoms with E-state index in [4.69, 9.17) is 4.74 Å². The molecule has 0 radical (unpaired) electrons. The minimum atomic E-state index is -4.40. The molecule has 1 aliphatic rings. The summed E-state index contributed by atoms with van der Waals surface area (Å²) >= 11 is 0. The van der Waals surface area contributed by atoms with Crippen molar-refractivity contribution >= 4 is 11.4 Å². The fourth-order valence-electron chi connectivity index (χ4n) is 3.66. The maximum atomic E-state index is 13.4. The van der Waals surface area contributed by atoms with Crippen molar-refractivity contribution in [2.45, 2.75) is 46.0 Å². The lowest BCUT2D eigenvalue weighted by atomic mass is 10.1. The zero-order chi connectivity index (χ0) is 19.6. The van der Waals surface area contributed by atoms with Crippen LogP contribution in [0.5, 0.6) is 11.5 Å². The molecular weight excluding hydrogens is 353 g/mol. The van der Waals surface area contributed by atoms with E-state index in [2.05, 4.69) is 25.7 Å². The second kappa shape index (κ2) is 7.80. The molecule has 0 spiro atoms. The second-order valence-corrected chi connectivity index (χ2v) is 6.61. The number of fused-ring (bicyclic) bond motifs is 2. The first kappa shape index (κ1) is 19.5. The van der Waals surface area contributed by atoms with Gasteiger partial charge in [-0.3, -0.25) is 4.90 Å². The van der Waals surface area contributed by atoms with E-state index in [1.807, 2.05) is 29.2 Å². The zero-order valence-corrected chi connectivity index (χ0v) is 15.9. The van der Waals surface area contributed by atoms with Crippen molar-refractivity contribution < 1.29 is 17.9 Å². The van der Waals surface area contributed by atoms with E-state index >= 15 is 0 Å². The summed E-state index contributed by atoms with van der Waals surface area (Å²) in [5.74, 6) is 1.12. The predicted molar refractivity (Wildman–Crippen MR) is 102 cm³/mol. The molecule has 0 aromatic heterocycles. The van der Waals surface area contributed by atoms with Crippen molar-refractivity contribution in [1.29, 1.82) is 0 Å². The SMILES string of the molecule is CCCC(N(CC)CC)N1c2ccccc2Oc2ccc(C(F)(F)F)cc21. The van der Waals surface area contributed by atoms with Crippen LogP contribution in [0.4, 0.5) is 24.5 Å². The number of alkyl halides is 3. The Hall–Kier alpha value is -2.21. The Morgan fingerprint density at radius 1 is 0.963 bits per heavy atom. The Morgan fingerprint density at radius 3 is 2.26 bits per heavy atom. The molecule has 0 amide bonds. The van der Waals surface area contributed by atoms with E-state index in [9.17, 15) is 13.2 Å². The number of anilines is 2. The van der Waals surface area contributed by atoms with Gasteiger partial charge in [-0.15, -0.1) is 0 Å². The van der Waals surface area contributed by atoms with Crippen LogP contribution in [-0.4, -0.2) is 24.2 Å². The van der Waals surface area contributed by atoms with Gasteiger partial charge in [0.2, 0.25) is 0 Å². The van der Waals surface area contributed by atoms with Gasteiger partial charge in [0.05, 0.1) is 23.1 Å². The Balaban J connectivity index is 2.18. The van der Waals surface area contributed by atoms with Crippen LogP contribution in [-0.2, 0) is 6.18 Å². The first-order valence-electron chi connectivity index (χ1n) is 9.42. The smallest absolute Gasteiger partial charge is 0.416 e. The standard InChI is InChI=1S/C21H25F3N2O/c1-4-9-20(25(5-2)6-3)26-16-10-7-8-11-18(16)27-19-13-12-15(14-17(19)26)21(22,23)24/h7-8,10-14,20H,4-6,9H2,1-3H3. The quantitative estimate of drug-likeness (QED) is 0.577. The molecule has 0 fully saturated rings. The summed E-state index contributed by atoms with van der Waals surface area (Å²) in [6.45, 7) is 7.87. The van der Waals surface area contributed by atoms with Crippen LogP contribution in [0.2, 0.25) is 0 Å². The third-order valence-corrected chi connectivity index (χ3v) is 4.97. The minimum absolute atomic E-state index is 0.0442. The van der Waals surface area contributed by atoms with Crippen LogP contribution in [0.15, 0.2) is 42.5 Å². The van der Waals surface area contributed by atoms with Gasteiger partial charge in [0.1, 0.15) is 0 Å². The highest BCUT2D eigenvalue weighted by molar-refractivity contribution is 5.79. The van der Waals surface area contributed by atoms with Crippen LogP contribution in [0.1, 0.15) is 39.2 Å². The average Bonchev–Trinajstić information content (AvgIpc) is 2.65. The van der Waals surface area contributed by atoms with Gasteiger partial charge in [-0.1, -0.05) is 39.3 Å². The average molecular weight is 378 g/mol. The van der Waals surface area contributed by atoms with Gasteiger partial charge in [0.25, 0.3) is 0 Å². The summed E-state index contributed by atoms with van der Waals surface area (Å²) in [6.07, 6.45) is -2.68. The van der Waals surface area contributed by atoms with Crippen LogP contribution in [0.25, 0.3) is 0 Å². The fourth-order valence-corrected chi connectivity index (χ4v) is 3.66. The van der Waals surface area contributed by atoms with E-state index in [0.29, 0.717) is 17.2 Å². The number of halogens is 3. The molecule has 2 aromatic rings. The van der Waals surface area contributed by atoms with Crippen molar-refractivity contribution in [3.05, 3.63) is 48.0 Å². The number of rotatable bonds is 6. The lowest BCUT2D eigenvalue weighted by Crippen LogP contribution is -2.47. The van der Waals surface area contributed by atoms with Crippen molar-refractivity contribution in [2.75, 3.05) is 18.0 Å². The van der Waals surface area contributed by atoms with Gasteiger partial charge in [0.15, 0.2) is 11.5 Å². The third-order valence-electron chi connectivity index (χ3n) is 4.97. The Labute approximate surface area is 158 Å². The van der Waals surface area contributed by atoms with Crippen molar-refractivity contribution in [3.8, 4) is 11.5 Å². The highest BCUT2D eigenvalue weighted by Crippen LogP contribution is 2.49. The second-order valence-electron chi connectivity index (χ2n) is 6.61. The van der Waals surface area contributed by atoms with Gasteiger partial charge in [-0.2, -0.15) is 13.2 Å².